The standard InChI is InChI=1S/C27H31FN2O5S/c1-2-11-29(15-21(31)17-33-18-23-4-3-13-34-23)16-27(32)30-12-9-26-24(10-14-36-26)25(30)19-35-22-7-5-20(28)6-8-22/h2-8,10,13-14,21,25,31H,1,9,11-12,15-19H2/t21-,25-/m0/s1. The van der Waals surface area contributed by atoms with E-state index in [1.807, 2.05) is 27.3 Å². The van der Waals surface area contributed by atoms with Crippen LogP contribution in [0.4, 0.5) is 4.39 Å². The highest BCUT2D eigenvalue weighted by molar-refractivity contribution is 7.10. The smallest absolute Gasteiger partial charge is 0.237 e. The van der Waals surface area contributed by atoms with Gasteiger partial charge in [-0.2, -0.15) is 0 Å². The second kappa shape index (κ2) is 12.8. The summed E-state index contributed by atoms with van der Waals surface area (Å²) in [6.45, 7) is 5.90. The average Bonchev–Trinajstić information content (AvgIpc) is 3.56. The Kier molecular flexibility index (Phi) is 9.29. The Balaban J connectivity index is 1.36. The average molecular weight is 515 g/mol. The largest absolute Gasteiger partial charge is 0.491 e. The van der Waals surface area contributed by atoms with Crippen LogP contribution in [0.1, 0.15) is 22.2 Å². The molecule has 192 valence electrons. The molecule has 3 aromatic rings. The fourth-order valence-electron chi connectivity index (χ4n) is 4.29. The van der Waals surface area contributed by atoms with E-state index in [1.165, 1.54) is 17.0 Å². The first-order valence-electron chi connectivity index (χ1n) is 11.9. The van der Waals surface area contributed by atoms with Crippen molar-refractivity contribution in [2.24, 2.45) is 0 Å². The topological polar surface area (TPSA) is 75.4 Å². The zero-order chi connectivity index (χ0) is 25.3. The Hall–Kier alpha value is -2.98. The summed E-state index contributed by atoms with van der Waals surface area (Å²) >= 11 is 1.68. The van der Waals surface area contributed by atoms with Crippen molar-refractivity contribution in [3.8, 4) is 5.75 Å². The highest BCUT2D eigenvalue weighted by atomic mass is 32.1. The maximum absolute atomic E-state index is 13.5. The first kappa shape index (κ1) is 26.1. The van der Waals surface area contributed by atoms with E-state index < -0.39 is 6.10 Å². The molecule has 0 unspecified atom stereocenters. The molecule has 1 aromatic carbocycles. The van der Waals surface area contributed by atoms with Crippen LogP contribution in [0, 0.1) is 5.82 Å². The third-order valence-corrected chi connectivity index (χ3v) is 6.98. The van der Waals surface area contributed by atoms with Crippen molar-refractivity contribution in [1.82, 2.24) is 9.80 Å². The molecule has 0 radical (unpaired) electrons. The monoisotopic (exact) mass is 514 g/mol. The molecule has 3 heterocycles. The second-order valence-corrected chi connectivity index (χ2v) is 9.65. The summed E-state index contributed by atoms with van der Waals surface area (Å²) in [5.41, 5.74) is 1.09. The van der Waals surface area contributed by atoms with Crippen molar-refractivity contribution in [3.05, 3.63) is 88.8 Å². The maximum atomic E-state index is 13.5. The van der Waals surface area contributed by atoms with Gasteiger partial charge in [-0.3, -0.25) is 9.69 Å². The second-order valence-electron chi connectivity index (χ2n) is 8.65. The first-order valence-corrected chi connectivity index (χ1v) is 12.8. The van der Waals surface area contributed by atoms with Crippen LogP contribution in [0.5, 0.6) is 5.75 Å². The Bertz CT molecular complexity index is 1100. The number of thiophene rings is 1. The van der Waals surface area contributed by atoms with Crippen molar-refractivity contribution in [1.29, 1.82) is 0 Å². The summed E-state index contributed by atoms with van der Waals surface area (Å²) in [6, 6.07) is 11.3. The number of carbonyl (C=O) groups is 1. The van der Waals surface area contributed by atoms with Gasteiger partial charge in [-0.15, -0.1) is 17.9 Å². The number of nitrogens with zero attached hydrogens (tertiary/aromatic N) is 2. The molecule has 4 rings (SSSR count). The normalized spacial score (nSPS) is 16.1. The van der Waals surface area contributed by atoms with Crippen LogP contribution in [0.3, 0.4) is 0 Å². The Morgan fingerprint density at radius 3 is 2.92 bits per heavy atom. The van der Waals surface area contributed by atoms with Gasteiger partial charge in [0.25, 0.3) is 0 Å². The predicted octanol–water partition coefficient (Wildman–Crippen LogP) is 4.05. The minimum absolute atomic E-state index is 0.0508. The minimum Gasteiger partial charge on any atom is -0.491 e. The van der Waals surface area contributed by atoms with Crippen LogP contribution in [0.25, 0.3) is 0 Å². The molecule has 7 nitrogen and oxygen atoms in total. The van der Waals surface area contributed by atoms with Crippen LogP contribution < -0.4 is 4.74 Å². The molecule has 1 aliphatic heterocycles. The summed E-state index contributed by atoms with van der Waals surface area (Å²) < 4.78 is 30.0. The van der Waals surface area contributed by atoms with Crippen molar-refractivity contribution >= 4 is 17.2 Å². The Morgan fingerprint density at radius 2 is 2.17 bits per heavy atom. The van der Waals surface area contributed by atoms with E-state index in [1.54, 1.807) is 41.9 Å². The summed E-state index contributed by atoms with van der Waals surface area (Å²) in [5, 5.41) is 12.5. The molecular formula is C27H31FN2O5S. The zero-order valence-corrected chi connectivity index (χ0v) is 20.9. The van der Waals surface area contributed by atoms with Gasteiger partial charge in [-0.05, 0) is 59.8 Å². The van der Waals surface area contributed by atoms with Crippen molar-refractivity contribution in [2.75, 3.05) is 39.4 Å². The lowest BCUT2D eigenvalue weighted by Gasteiger charge is -2.37. The first-order chi connectivity index (χ1) is 17.5. The quantitative estimate of drug-likeness (QED) is 0.347. The lowest BCUT2D eigenvalue weighted by atomic mass is 10.0. The molecule has 0 aliphatic carbocycles. The van der Waals surface area contributed by atoms with Gasteiger partial charge in [0.15, 0.2) is 0 Å². The molecule has 36 heavy (non-hydrogen) atoms. The number of ether oxygens (including phenoxy) is 2. The molecule has 1 amide bonds. The third kappa shape index (κ3) is 7.04. The van der Waals surface area contributed by atoms with Gasteiger partial charge in [0.05, 0.1) is 31.6 Å². The number of benzene rings is 1. The SMILES string of the molecule is C=CCN(CC(=O)N1CCc2sccc2[C@@H]1COc1ccc(F)cc1)C[C@H](O)COCc1ccco1. The molecule has 1 aliphatic rings. The number of halogens is 1. The molecule has 9 heteroatoms. The predicted molar refractivity (Wildman–Crippen MR) is 135 cm³/mol. The van der Waals surface area contributed by atoms with Crippen LogP contribution in [-0.2, 0) is 22.6 Å². The number of hydrogen-bond acceptors (Lipinski definition) is 7. The number of amides is 1. The summed E-state index contributed by atoms with van der Waals surface area (Å²) in [6.07, 6.45) is 3.31. The van der Waals surface area contributed by atoms with Crippen LogP contribution >= 0.6 is 11.3 Å². The number of carbonyl (C=O) groups excluding carboxylic acids is 1. The van der Waals surface area contributed by atoms with Gasteiger partial charge >= 0.3 is 0 Å². The van der Waals surface area contributed by atoms with E-state index in [-0.39, 0.29) is 50.7 Å². The molecule has 1 N–H and O–H groups in total. The Morgan fingerprint density at radius 1 is 1.33 bits per heavy atom. The van der Waals surface area contributed by atoms with Crippen molar-refractivity contribution < 1.29 is 28.2 Å². The van der Waals surface area contributed by atoms with Gasteiger partial charge in [0, 0.05) is 24.5 Å². The van der Waals surface area contributed by atoms with Crippen LogP contribution in [0.2, 0.25) is 0 Å². The molecular weight excluding hydrogens is 483 g/mol. The lowest BCUT2D eigenvalue weighted by molar-refractivity contribution is -0.136. The maximum Gasteiger partial charge on any atom is 0.237 e. The minimum atomic E-state index is -0.768. The molecule has 2 atom stereocenters. The van der Waals surface area contributed by atoms with E-state index >= 15 is 0 Å². The van der Waals surface area contributed by atoms with Crippen LogP contribution in [-0.4, -0.2) is 66.3 Å². The summed E-state index contributed by atoms with van der Waals surface area (Å²) in [4.78, 5) is 18.4. The molecule has 0 fully saturated rings. The van der Waals surface area contributed by atoms with Crippen LogP contribution in [0.15, 0.2) is 71.2 Å². The molecule has 0 bridgehead atoms. The number of hydrogen-bond donors (Lipinski definition) is 1. The summed E-state index contributed by atoms with van der Waals surface area (Å²) in [7, 11) is 0. The van der Waals surface area contributed by atoms with Gasteiger partial charge in [-0.1, -0.05) is 6.08 Å². The van der Waals surface area contributed by atoms with Crippen molar-refractivity contribution in [2.45, 2.75) is 25.2 Å². The fourth-order valence-corrected chi connectivity index (χ4v) is 5.22. The zero-order valence-electron chi connectivity index (χ0n) is 20.1. The molecule has 0 saturated heterocycles. The number of rotatable bonds is 13. The molecule has 0 saturated carbocycles. The number of aliphatic hydroxyl groups is 1. The van der Waals surface area contributed by atoms with E-state index in [9.17, 15) is 14.3 Å². The van der Waals surface area contributed by atoms with Gasteiger partial charge in [0.1, 0.15) is 30.5 Å². The molecule has 2 aromatic heterocycles. The van der Waals surface area contributed by atoms with E-state index in [4.69, 9.17) is 13.9 Å². The van der Waals surface area contributed by atoms with E-state index in [0.29, 0.717) is 24.6 Å². The van der Waals surface area contributed by atoms with E-state index in [2.05, 4.69) is 6.58 Å². The number of fused-ring (bicyclic) bond motifs is 1. The molecule has 0 spiro atoms. The van der Waals surface area contributed by atoms with Crippen molar-refractivity contribution in [3.63, 3.8) is 0 Å². The fraction of sp³-hybridized carbons (Fsp3) is 0.370. The highest BCUT2D eigenvalue weighted by Gasteiger charge is 2.33. The van der Waals surface area contributed by atoms with E-state index in [0.717, 1.165) is 12.0 Å². The third-order valence-electron chi connectivity index (χ3n) is 5.99. The van der Waals surface area contributed by atoms with Gasteiger partial charge < -0.3 is 23.9 Å². The number of aliphatic hydroxyl groups excluding tert-OH is 1. The lowest BCUT2D eigenvalue weighted by Crippen LogP contribution is -2.48. The highest BCUT2D eigenvalue weighted by Crippen LogP contribution is 2.34. The number of furan rings is 1. The Labute approximate surface area is 214 Å². The van der Waals surface area contributed by atoms with Gasteiger partial charge in [0.2, 0.25) is 5.91 Å². The van der Waals surface area contributed by atoms with Gasteiger partial charge in [-0.25, -0.2) is 4.39 Å². The summed E-state index contributed by atoms with van der Waals surface area (Å²) in [5.74, 6) is 0.863.